The van der Waals surface area contributed by atoms with Crippen LogP contribution in [0.15, 0.2) is 54.6 Å². The molecule has 0 saturated carbocycles. The third kappa shape index (κ3) is 10.4. The molecular weight excluding hydrogens is 590 g/mol. The molecule has 0 fully saturated rings. The van der Waals surface area contributed by atoms with Gasteiger partial charge in [-0.2, -0.15) is 0 Å². The highest BCUT2D eigenvalue weighted by atomic mass is 16.6. The van der Waals surface area contributed by atoms with Crippen LogP contribution in [0.25, 0.3) is 11.1 Å². The van der Waals surface area contributed by atoms with Gasteiger partial charge in [-0.15, -0.1) is 0 Å². The molecule has 3 N–H and O–H groups in total. The molecule has 4 rings (SSSR count). The van der Waals surface area contributed by atoms with Crippen molar-refractivity contribution in [2.24, 2.45) is 0 Å². The highest BCUT2D eigenvalue weighted by Crippen LogP contribution is 2.36. The van der Waals surface area contributed by atoms with Gasteiger partial charge in [0.15, 0.2) is 11.5 Å². The van der Waals surface area contributed by atoms with E-state index in [1.54, 1.807) is 6.07 Å². The third-order valence-corrected chi connectivity index (χ3v) is 7.60. The number of amides is 1. The predicted octanol–water partition coefficient (Wildman–Crippen LogP) is 6.32. The van der Waals surface area contributed by atoms with Crippen molar-refractivity contribution in [3.05, 3.63) is 71.3 Å². The fourth-order valence-corrected chi connectivity index (χ4v) is 5.33. The van der Waals surface area contributed by atoms with Crippen LogP contribution in [0.3, 0.4) is 0 Å². The number of fused-ring (bicyclic) bond motifs is 1. The second-order valence-corrected chi connectivity index (χ2v) is 11.1. The van der Waals surface area contributed by atoms with Crippen LogP contribution < -0.4 is 24.3 Å². The molecule has 1 amide bonds. The summed E-state index contributed by atoms with van der Waals surface area (Å²) in [6.07, 6.45) is 5.22. The van der Waals surface area contributed by atoms with Crippen molar-refractivity contribution in [1.29, 1.82) is 0 Å². The van der Waals surface area contributed by atoms with Crippen LogP contribution in [-0.2, 0) is 22.4 Å². The van der Waals surface area contributed by atoms with E-state index >= 15 is 0 Å². The van der Waals surface area contributed by atoms with Gasteiger partial charge in [-0.1, -0.05) is 31.0 Å². The van der Waals surface area contributed by atoms with Crippen LogP contribution in [-0.4, -0.2) is 61.0 Å². The Kier molecular flexibility index (Phi) is 13.1. The second-order valence-electron chi connectivity index (χ2n) is 11.1. The molecule has 46 heavy (non-hydrogen) atoms. The summed E-state index contributed by atoms with van der Waals surface area (Å²) in [7, 11) is 0. The fraction of sp³-hybridized carbons (Fsp3) is 0.417. The highest BCUT2D eigenvalue weighted by Gasteiger charge is 2.16. The maximum absolute atomic E-state index is 12.7. The van der Waals surface area contributed by atoms with Crippen LogP contribution >= 0.6 is 0 Å². The number of nitrogens with one attached hydrogen (secondary N) is 1. The Morgan fingerprint density at radius 2 is 1.52 bits per heavy atom. The number of carbonyl (C=O) groups is 3. The van der Waals surface area contributed by atoms with Gasteiger partial charge in [-0.05, 0) is 97.7 Å². The maximum atomic E-state index is 12.7. The fourth-order valence-electron chi connectivity index (χ4n) is 5.33. The molecule has 246 valence electrons. The molecule has 3 aromatic rings. The average Bonchev–Trinajstić information content (AvgIpc) is 3.05. The van der Waals surface area contributed by atoms with Gasteiger partial charge >= 0.3 is 11.9 Å². The van der Waals surface area contributed by atoms with Crippen molar-refractivity contribution in [2.45, 2.75) is 64.7 Å². The van der Waals surface area contributed by atoms with Gasteiger partial charge in [0.25, 0.3) is 5.91 Å². The summed E-state index contributed by atoms with van der Waals surface area (Å²) in [6, 6.07) is 17.0. The van der Waals surface area contributed by atoms with E-state index in [1.807, 2.05) is 55.5 Å². The van der Waals surface area contributed by atoms with Crippen molar-refractivity contribution < 1.29 is 43.5 Å². The van der Waals surface area contributed by atoms with Crippen molar-refractivity contribution in [3.63, 3.8) is 0 Å². The topological polar surface area (TPSA) is 141 Å². The molecule has 10 nitrogen and oxygen atoms in total. The molecule has 0 saturated heterocycles. The van der Waals surface area contributed by atoms with Crippen LogP contribution in [0.4, 0.5) is 0 Å². The monoisotopic (exact) mass is 633 g/mol. The summed E-state index contributed by atoms with van der Waals surface area (Å²) in [5.74, 6) is 0.726. The Morgan fingerprint density at radius 1 is 0.761 bits per heavy atom. The molecule has 0 spiro atoms. The van der Waals surface area contributed by atoms with Crippen LogP contribution in [0, 0.1) is 0 Å². The number of benzene rings is 3. The molecule has 0 aliphatic carbocycles. The zero-order valence-corrected chi connectivity index (χ0v) is 26.3. The first-order valence-electron chi connectivity index (χ1n) is 16.0. The van der Waals surface area contributed by atoms with Crippen LogP contribution in [0.2, 0.25) is 0 Å². The summed E-state index contributed by atoms with van der Waals surface area (Å²) in [5, 5.41) is 21.0. The van der Waals surface area contributed by atoms with Gasteiger partial charge in [-0.3, -0.25) is 14.4 Å². The lowest BCUT2D eigenvalue weighted by atomic mass is 9.97. The lowest BCUT2D eigenvalue weighted by Crippen LogP contribution is -2.22. The molecule has 1 aliphatic rings. The van der Waals surface area contributed by atoms with Gasteiger partial charge in [-0.25, -0.2) is 0 Å². The molecule has 3 aromatic carbocycles. The summed E-state index contributed by atoms with van der Waals surface area (Å²) in [5.41, 5.74) is 4.21. The molecule has 0 atom stereocenters. The number of aliphatic carboxylic acids is 2. The van der Waals surface area contributed by atoms with Gasteiger partial charge in [0, 0.05) is 24.9 Å². The number of unbranched alkanes of at least 4 members (excludes halogenated alkanes) is 3. The van der Waals surface area contributed by atoms with E-state index in [2.05, 4.69) is 5.32 Å². The van der Waals surface area contributed by atoms with E-state index < -0.39 is 11.9 Å². The number of aryl methyl sites for hydroxylation is 1. The summed E-state index contributed by atoms with van der Waals surface area (Å²) in [4.78, 5) is 34.8. The number of hydrogen-bond acceptors (Lipinski definition) is 7. The Balaban J connectivity index is 1.31. The molecular formula is C36H43NO9. The molecule has 1 aliphatic heterocycles. The van der Waals surface area contributed by atoms with E-state index in [9.17, 15) is 19.5 Å². The zero-order valence-electron chi connectivity index (χ0n) is 26.3. The molecule has 10 heteroatoms. The van der Waals surface area contributed by atoms with E-state index in [1.165, 1.54) is 0 Å². The van der Waals surface area contributed by atoms with Gasteiger partial charge in [0.05, 0.1) is 13.2 Å². The normalized spacial score (nSPS) is 11.9. The molecule has 0 aromatic heterocycles. The molecule has 0 radical (unpaired) electrons. The maximum Gasteiger partial charge on any atom is 0.303 e. The van der Waals surface area contributed by atoms with Gasteiger partial charge < -0.3 is 34.5 Å². The van der Waals surface area contributed by atoms with Crippen LogP contribution in [0.5, 0.6) is 23.0 Å². The number of carboxylic acids is 2. The minimum atomic E-state index is -0.874. The lowest BCUT2D eigenvalue weighted by Gasteiger charge is -2.19. The minimum Gasteiger partial charge on any atom is -0.494 e. The van der Waals surface area contributed by atoms with Crippen molar-refractivity contribution >= 4 is 17.8 Å². The Labute approximate surface area is 269 Å². The van der Waals surface area contributed by atoms with E-state index in [0.717, 1.165) is 54.4 Å². The Morgan fingerprint density at radius 3 is 2.30 bits per heavy atom. The number of carboxylic acid groups (broad SMARTS) is 2. The Bertz CT molecular complexity index is 1490. The second kappa shape index (κ2) is 17.7. The van der Waals surface area contributed by atoms with Crippen molar-refractivity contribution in [3.8, 4) is 34.1 Å². The Hall–Kier alpha value is -4.73. The number of rotatable bonds is 19. The van der Waals surface area contributed by atoms with E-state index in [-0.39, 0.29) is 25.4 Å². The van der Waals surface area contributed by atoms with Crippen molar-refractivity contribution in [2.75, 3.05) is 33.0 Å². The summed E-state index contributed by atoms with van der Waals surface area (Å²) in [6.45, 7) is 4.18. The first-order valence-corrected chi connectivity index (χ1v) is 16.0. The standard InChI is InChI=1S/C36H43NO9/c1-2-37-36(42)28-21-27(26-13-15-32-33(24-26)46-20-19-45-32)22-29(23-28)43-17-6-4-3-5-9-25-10-7-11-31(30(25)14-16-35(40)41)44-18-8-12-34(38)39/h7,10-11,13,15,21-24H,2-6,8-9,12,14,16-20H2,1H3,(H,37,42)(H,38,39)(H,40,41). The molecule has 1 heterocycles. The first-order chi connectivity index (χ1) is 22.3. The summed E-state index contributed by atoms with van der Waals surface area (Å²) >= 11 is 0. The summed E-state index contributed by atoms with van der Waals surface area (Å²) < 4.78 is 23.4. The van der Waals surface area contributed by atoms with E-state index in [4.69, 9.17) is 24.1 Å². The number of carbonyl (C=O) groups excluding carboxylic acids is 1. The zero-order chi connectivity index (χ0) is 32.7. The van der Waals surface area contributed by atoms with Crippen molar-refractivity contribution in [1.82, 2.24) is 5.32 Å². The SMILES string of the molecule is CCNC(=O)c1cc(OCCCCCCc2cccc(OCCCC(=O)O)c2CCC(=O)O)cc(-c2ccc3c(c2)OCCO3)c1. The van der Waals surface area contributed by atoms with Gasteiger partial charge in [0.1, 0.15) is 24.7 Å². The molecule has 0 unspecified atom stereocenters. The molecule has 0 bridgehead atoms. The average molecular weight is 634 g/mol. The minimum absolute atomic E-state index is 0.00246. The predicted molar refractivity (Wildman–Crippen MR) is 173 cm³/mol. The lowest BCUT2D eigenvalue weighted by molar-refractivity contribution is -0.138. The number of hydrogen-bond donors (Lipinski definition) is 3. The quantitative estimate of drug-likeness (QED) is 0.129. The highest BCUT2D eigenvalue weighted by molar-refractivity contribution is 5.96. The van der Waals surface area contributed by atoms with Crippen LogP contribution in [0.1, 0.15) is 73.4 Å². The smallest absolute Gasteiger partial charge is 0.303 e. The largest absolute Gasteiger partial charge is 0.494 e. The first kappa shape index (κ1) is 34.1. The number of ether oxygens (including phenoxy) is 4. The third-order valence-electron chi connectivity index (χ3n) is 7.60. The van der Waals surface area contributed by atoms with Gasteiger partial charge in [0.2, 0.25) is 0 Å². The van der Waals surface area contributed by atoms with E-state index in [0.29, 0.717) is 67.8 Å².